The summed E-state index contributed by atoms with van der Waals surface area (Å²) >= 11 is 0. The number of para-hydroxylation sites is 1. The standard InChI is InChI=1S/C27H29N3O6/c1-4-34-22-14-12-20(16-24(22)33-3)27(32)30-28-17-19-11-13-23(25(15-19)35-5-2)36-18-26(31)29-21-9-7-6-8-10-21/h6-17H,4-5,18H2,1-3H3,(H,29,31)(H,30,32)/b28-17+. The largest absolute Gasteiger partial charge is 0.493 e. The lowest BCUT2D eigenvalue weighted by atomic mass is 10.2. The third-order valence-electron chi connectivity index (χ3n) is 4.79. The van der Waals surface area contributed by atoms with E-state index in [9.17, 15) is 9.59 Å². The SMILES string of the molecule is CCOc1ccc(C(=O)N/N=C/c2ccc(OCC(=O)Nc3ccccc3)c(OCC)c2)cc1OC. The average Bonchev–Trinajstić information content (AvgIpc) is 2.89. The van der Waals surface area contributed by atoms with Crippen LogP contribution in [0.15, 0.2) is 71.8 Å². The molecule has 2 amide bonds. The number of hydrazone groups is 1. The molecule has 0 saturated heterocycles. The first-order valence-corrected chi connectivity index (χ1v) is 11.4. The van der Waals surface area contributed by atoms with Crippen LogP contribution in [0.5, 0.6) is 23.0 Å². The molecule has 36 heavy (non-hydrogen) atoms. The summed E-state index contributed by atoms with van der Waals surface area (Å²) in [7, 11) is 1.51. The zero-order valence-corrected chi connectivity index (χ0v) is 20.4. The van der Waals surface area contributed by atoms with Crippen LogP contribution in [-0.4, -0.2) is 45.0 Å². The molecule has 3 aromatic rings. The van der Waals surface area contributed by atoms with Gasteiger partial charge in [0.1, 0.15) is 0 Å². The number of amides is 2. The van der Waals surface area contributed by atoms with Crippen molar-refractivity contribution in [3.05, 3.63) is 77.9 Å². The van der Waals surface area contributed by atoms with E-state index in [2.05, 4.69) is 15.8 Å². The predicted octanol–water partition coefficient (Wildman–Crippen LogP) is 4.27. The van der Waals surface area contributed by atoms with Crippen LogP contribution in [0.2, 0.25) is 0 Å². The van der Waals surface area contributed by atoms with E-state index in [0.29, 0.717) is 53.0 Å². The van der Waals surface area contributed by atoms with Crippen molar-refractivity contribution in [2.75, 3.05) is 32.2 Å². The summed E-state index contributed by atoms with van der Waals surface area (Å²) in [6.45, 7) is 4.43. The summed E-state index contributed by atoms with van der Waals surface area (Å²) in [6.07, 6.45) is 1.48. The van der Waals surface area contributed by atoms with Crippen molar-refractivity contribution in [1.82, 2.24) is 5.43 Å². The lowest BCUT2D eigenvalue weighted by Crippen LogP contribution is -2.20. The molecule has 0 bridgehead atoms. The van der Waals surface area contributed by atoms with E-state index < -0.39 is 5.91 Å². The molecule has 2 N–H and O–H groups in total. The van der Waals surface area contributed by atoms with E-state index in [0.717, 1.165) is 0 Å². The fraction of sp³-hybridized carbons (Fsp3) is 0.222. The summed E-state index contributed by atoms with van der Waals surface area (Å²) in [6, 6.07) is 19.2. The molecular formula is C27H29N3O6. The topological polar surface area (TPSA) is 107 Å². The summed E-state index contributed by atoms with van der Waals surface area (Å²) in [5.74, 6) is 1.20. The minimum Gasteiger partial charge on any atom is -0.493 e. The van der Waals surface area contributed by atoms with E-state index in [1.807, 2.05) is 32.0 Å². The Bertz CT molecular complexity index is 1200. The van der Waals surface area contributed by atoms with Gasteiger partial charge in [-0.1, -0.05) is 18.2 Å². The van der Waals surface area contributed by atoms with Gasteiger partial charge in [0.25, 0.3) is 11.8 Å². The number of nitrogens with zero attached hydrogens (tertiary/aromatic N) is 1. The van der Waals surface area contributed by atoms with Crippen LogP contribution in [0.25, 0.3) is 0 Å². The van der Waals surface area contributed by atoms with Crippen molar-refractivity contribution in [2.45, 2.75) is 13.8 Å². The zero-order valence-electron chi connectivity index (χ0n) is 20.4. The molecule has 3 rings (SSSR count). The number of carbonyl (C=O) groups is 2. The van der Waals surface area contributed by atoms with Gasteiger partial charge in [-0.05, 0) is 67.9 Å². The molecule has 0 aliphatic carbocycles. The Kier molecular flexibility index (Phi) is 9.69. The number of anilines is 1. The molecule has 0 unspecified atom stereocenters. The number of carbonyl (C=O) groups excluding carboxylic acids is 2. The van der Waals surface area contributed by atoms with Gasteiger partial charge in [-0.15, -0.1) is 0 Å². The van der Waals surface area contributed by atoms with Crippen LogP contribution in [0, 0.1) is 0 Å². The molecule has 188 valence electrons. The predicted molar refractivity (Wildman–Crippen MR) is 137 cm³/mol. The molecular weight excluding hydrogens is 462 g/mol. The monoisotopic (exact) mass is 491 g/mol. The van der Waals surface area contributed by atoms with Gasteiger partial charge in [0.15, 0.2) is 29.6 Å². The van der Waals surface area contributed by atoms with E-state index >= 15 is 0 Å². The summed E-state index contributed by atoms with van der Waals surface area (Å²) in [5, 5.41) is 6.79. The third kappa shape index (κ3) is 7.49. The summed E-state index contributed by atoms with van der Waals surface area (Å²) < 4.78 is 22.1. The second-order valence-electron chi connectivity index (χ2n) is 7.34. The Morgan fingerprint density at radius 2 is 1.53 bits per heavy atom. The van der Waals surface area contributed by atoms with Crippen molar-refractivity contribution in [3.63, 3.8) is 0 Å². The Morgan fingerprint density at radius 1 is 0.833 bits per heavy atom. The van der Waals surface area contributed by atoms with E-state index in [-0.39, 0.29) is 12.5 Å². The number of benzene rings is 3. The minimum absolute atomic E-state index is 0.177. The van der Waals surface area contributed by atoms with Gasteiger partial charge in [-0.2, -0.15) is 5.10 Å². The number of hydrogen-bond donors (Lipinski definition) is 2. The second kappa shape index (κ2) is 13.4. The molecule has 3 aromatic carbocycles. The van der Waals surface area contributed by atoms with E-state index in [4.69, 9.17) is 18.9 Å². The zero-order chi connectivity index (χ0) is 25.8. The Hall–Kier alpha value is -4.53. The van der Waals surface area contributed by atoms with Gasteiger partial charge in [-0.25, -0.2) is 5.43 Å². The highest BCUT2D eigenvalue weighted by Gasteiger charge is 2.11. The Morgan fingerprint density at radius 3 is 2.25 bits per heavy atom. The van der Waals surface area contributed by atoms with Crippen molar-refractivity contribution in [2.24, 2.45) is 5.10 Å². The van der Waals surface area contributed by atoms with Gasteiger partial charge in [0, 0.05) is 11.3 Å². The lowest BCUT2D eigenvalue weighted by Gasteiger charge is -2.12. The van der Waals surface area contributed by atoms with Crippen molar-refractivity contribution < 1.29 is 28.5 Å². The fourth-order valence-electron chi connectivity index (χ4n) is 3.17. The highest BCUT2D eigenvalue weighted by Crippen LogP contribution is 2.29. The smallest absolute Gasteiger partial charge is 0.271 e. The Balaban J connectivity index is 1.61. The Labute approximate surface area is 210 Å². The average molecular weight is 492 g/mol. The van der Waals surface area contributed by atoms with Crippen LogP contribution in [0.4, 0.5) is 5.69 Å². The van der Waals surface area contributed by atoms with Crippen LogP contribution in [-0.2, 0) is 4.79 Å². The maximum absolute atomic E-state index is 12.5. The molecule has 0 fully saturated rings. The fourth-order valence-corrected chi connectivity index (χ4v) is 3.17. The molecule has 0 radical (unpaired) electrons. The normalized spacial score (nSPS) is 10.5. The second-order valence-corrected chi connectivity index (χ2v) is 7.34. The summed E-state index contributed by atoms with van der Waals surface area (Å²) in [5.41, 5.74) is 4.22. The highest BCUT2D eigenvalue weighted by molar-refractivity contribution is 5.95. The number of methoxy groups -OCH3 is 1. The van der Waals surface area contributed by atoms with E-state index in [1.165, 1.54) is 13.3 Å². The van der Waals surface area contributed by atoms with Crippen LogP contribution in [0.3, 0.4) is 0 Å². The van der Waals surface area contributed by atoms with Crippen LogP contribution in [0.1, 0.15) is 29.8 Å². The minimum atomic E-state index is -0.401. The molecule has 9 nitrogen and oxygen atoms in total. The maximum Gasteiger partial charge on any atom is 0.271 e. The molecule has 0 aliphatic rings. The van der Waals surface area contributed by atoms with Gasteiger partial charge in [0.2, 0.25) is 0 Å². The van der Waals surface area contributed by atoms with Crippen molar-refractivity contribution >= 4 is 23.7 Å². The number of nitrogens with one attached hydrogen (secondary N) is 2. The van der Waals surface area contributed by atoms with Crippen molar-refractivity contribution in [3.8, 4) is 23.0 Å². The molecule has 0 heterocycles. The first-order valence-electron chi connectivity index (χ1n) is 11.4. The number of hydrogen-bond acceptors (Lipinski definition) is 7. The van der Waals surface area contributed by atoms with Gasteiger partial charge >= 0.3 is 0 Å². The first-order chi connectivity index (χ1) is 17.5. The van der Waals surface area contributed by atoms with Crippen LogP contribution < -0.4 is 29.7 Å². The molecule has 9 heteroatoms. The molecule has 0 atom stereocenters. The van der Waals surface area contributed by atoms with Crippen molar-refractivity contribution in [1.29, 1.82) is 0 Å². The quantitative estimate of drug-likeness (QED) is 0.289. The van der Waals surface area contributed by atoms with Crippen LogP contribution >= 0.6 is 0 Å². The van der Waals surface area contributed by atoms with Gasteiger partial charge in [-0.3, -0.25) is 9.59 Å². The third-order valence-corrected chi connectivity index (χ3v) is 4.79. The van der Waals surface area contributed by atoms with Gasteiger partial charge < -0.3 is 24.3 Å². The van der Waals surface area contributed by atoms with Gasteiger partial charge in [0.05, 0.1) is 26.5 Å². The molecule has 0 aromatic heterocycles. The van der Waals surface area contributed by atoms with E-state index in [1.54, 1.807) is 48.5 Å². The summed E-state index contributed by atoms with van der Waals surface area (Å²) in [4.78, 5) is 24.7. The number of ether oxygens (including phenoxy) is 4. The molecule has 0 aliphatic heterocycles. The molecule has 0 spiro atoms. The maximum atomic E-state index is 12.5. The first kappa shape index (κ1) is 26.1. The molecule has 0 saturated carbocycles. The number of rotatable bonds is 12. The lowest BCUT2D eigenvalue weighted by molar-refractivity contribution is -0.118. The highest BCUT2D eigenvalue weighted by atomic mass is 16.5.